The molecule has 0 saturated carbocycles. The van der Waals surface area contributed by atoms with Crippen LogP contribution in [0.4, 0.5) is 0 Å². The van der Waals surface area contributed by atoms with Crippen LogP contribution in [0.5, 0.6) is 5.75 Å². The van der Waals surface area contributed by atoms with Crippen molar-refractivity contribution in [2.24, 2.45) is 0 Å². The maximum atomic E-state index is 13.7. The lowest BCUT2D eigenvalue weighted by Gasteiger charge is -2.25. The molecule has 7 heteroatoms. The van der Waals surface area contributed by atoms with Crippen molar-refractivity contribution < 1.29 is 9.53 Å². The van der Waals surface area contributed by atoms with Gasteiger partial charge in [0.2, 0.25) is 0 Å². The monoisotopic (exact) mass is 439 g/mol. The fraction of sp³-hybridized carbons (Fsp3) is 0.231. The van der Waals surface area contributed by atoms with Crippen molar-refractivity contribution in [1.82, 2.24) is 24.4 Å². The molecule has 33 heavy (non-hydrogen) atoms. The van der Waals surface area contributed by atoms with E-state index in [1.54, 1.807) is 25.8 Å². The third kappa shape index (κ3) is 4.35. The zero-order valence-corrected chi connectivity index (χ0v) is 18.5. The number of hydrogen-bond donors (Lipinski definition) is 0. The summed E-state index contributed by atoms with van der Waals surface area (Å²) in [6.45, 7) is 1.31. The summed E-state index contributed by atoms with van der Waals surface area (Å²) >= 11 is 0. The Morgan fingerprint density at radius 2 is 2.03 bits per heavy atom. The van der Waals surface area contributed by atoms with Gasteiger partial charge in [0.1, 0.15) is 5.75 Å². The van der Waals surface area contributed by atoms with E-state index < -0.39 is 0 Å². The average molecular weight is 440 g/mol. The highest BCUT2D eigenvalue weighted by molar-refractivity contribution is 5.96. The number of hydrogen-bond acceptors (Lipinski definition) is 5. The van der Waals surface area contributed by atoms with E-state index in [2.05, 4.69) is 9.97 Å². The lowest BCUT2D eigenvalue weighted by atomic mass is 10.0. The molecule has 1 unspecified atom stereocenters. The number of imidazole rings is 1. The van der Waals surface area contributed by atoms with Crippen LogP contribution in [0.2, 0.25) is 0 Å². The first kappa shape index (κ1) is 20.9. The Labute approximate surface area is 192 Å². The van der Waals surface area contributed by atoms with Gasteiger partial charge in [-0.15, -0.1) is 0 Å². The number of likely N-dealkylation sites (tertiary alicyclic amines) is 1. The normalized spacial score (nSPS) is 15.5. The van der Waals surface area contributed by atoms with Gasteiger partial charge in [0.05, 0.1) is 25.2 Å². The second-order valence-electron chi connectivity index (χ2n) is 8.09. The fourth-order valence-corrected chi connectivity index (χ4v) is 4.38. The van der Waals surface area contributed by atoms with Gasteiger partial charge in [-0.3, -0.25) is 4.79 Å². The Bertz CT molecular complexity index is 1260. The molecule has 0 bridgehead atoms. The Hall–Kier alpha value is -4.00. The van der Waals surface area contributed by atoms with Crippen molar-refractivity contribution in [2.45, 2.75) is 25.4 Å². The molecule has 1 aliphatic rings. The smallest absolute Gasteiger partial charge is 0.254 e. The molecule has 2 aromatic heterocycles. The zero-order valence-electron chi connectivity index (χ0n) is 18.5. The number of rotatable bonds is 6. The van der Waals surface area contributed by atoms with Gasteiger partial charge in [-0.05, 0) is 42.7 Å². The minimum absolute atomic E-state index is 0.0368. The highest BCUT2D eigenvalue weighted by Crippen LogP contribution is 2.33. The molecule has 0 radical (unpaired) electrons. The first-order valence-electron chi connectivity index (χ1n) is 11.0. The summed E-state index contributed by atoms with van der Waals surface area (Å²) in [5, 5.41) is 0. The zero-order chi connectivity index (χ0) is 22.6. The lowest BCUT2D eigenvalue weighted by molar-refractivity contribution is 0.0731. The standard InChI is InChI=1S/C26H25N5O2/c1-33-21-8-4-7-19(16-21)25-28-12-11-23(29-25)24-10-5-14-31(24)26(32)22-9-3-2-6-20(22)17-30-15-13-27-18-30/h2-4,6-9,11-13,15-16,18,24H,5,10,14,17H2,1H3. The van der Waals surface area contributed by atoms with Gasteiger partial charge in [-0.25, -0.2) is 15.0 Å². The topological polar surface area (TPSA) is 73.1 Å². The molecule has 3 heterocycles. The van der Waals surface area contributed by atoms with Gasteiger partial charge in [0, 0.05) is 42.8 Å². The van der Waals surface area contributed by atoms with Crippen LogP contribution in [0.3, 0.4) is 0 Å². The second-order valence-corrected chi connectivity index (χ2v) is 8.09. The van der Waals surface area contributed by atoms with Crippen molar-refractivity contribution in [3.8, 4) is 17.1 Å². The Morgan fingerprint density at radius 3 is 2.88 bits per heavy atom. The van der Waals surface area contributed by atoms with Gasteiger partial charge < -0.3 is 14.2 Å². The molecule has 166 valence electrons. The average Bonchev–Trinajstić information content (AvgIpc) is 3.57. The minimum atomic E-state index is -0.0776. The third-order valence-electron chi connectivity index (χ3n) is 6.02. The number of ether oxygens (including phenoxy) is 1. The van der Waals surface area contributed by atoms with E-state index in [4.69, 9.17) is 9.72 Å². The SMILES string of the molecule is COc1cccc(-c2nccc(C3CCCN3C(=O)c3ccccc3Cn3ccnc3)n2)c1. The number of carbonyl (C=O) groups excluding carboxylic acids is 1. The largest absolute Gasteiger partial charge is 0.497 e. The maximum absolute atomic E-state index is 13.7. The van der Waals surface area contributed by atoms with Gasteiger partial charge in [0.15, 0.2) is 5.82 Å². The first-order chi connectivity index (χ1) is 16.2. The van der Waals surface area contributed by atoms with E-state index in [1.165, 1.54) is 0 Å². The van der Waals surface area contributed by atoms with E-state index in [0.29, 0.717) is 18.9 Å². The van der Waals surface area contributed by atoms with E-state index >= 15 is 0 Å². The molecular weight excluding hydrogens is 414 g/mol. The van der Waals surface area contributed by atoms with Crippen LogP contribution in [0.15, 0.2) is 79.5 Å². The highest BCUT2D eigenvalue weighted by Gasteiger charge is 2.32. The molecule has 1 fully saturated rings. The molecule has 5 rings (SSSR count). The highest BCUT2D eigenvalue weighted by atomic mass is 16.5. The number of methoxy groups -OCH3 is 1. The lowest BCUT2D eigenvalue weighted by Crippen LogP contribution is -2.32. The molecule has 2 aromatic carbocycles. The van der Waals surface area contributed by atoms with Crippen molar-refractivity contribution >= 4 is 5.91 Å². The molecule has 7 nitrogen and oxygen atoms in total. The van der Waals surface area contributed by atoms with E-state index in [-0.39, 0.29) is 11.9 Å². The molecule has 4 aromatic rings. The minimum Gasteiger partial charge on any atom is -0.497 e. The van der Waals surface area contributed by atoms with Crippen LogP contribution in [-0.2, 0) is 6.54 Å². The van der Waals surface area contributed by atoms with Crippen molar-refractivity contribution in [3.63, 3.8) is 0 Å². The molecule has 0 aliphatic carbocycles. The van der Waals surface area contributed by atoms with Gasteiger partial charge in [-0.2, -0.15) is 0 Å². The van der Waals surface area contributed by atoms with Crippen LogP contribution in [0.25, 0.3) is 11.4 Å². The van der Waals surface area contributed by atoms with Crippen LogP contribution in [0, 0.1) is 0 Å². The molecule has 0 spiro atoms. The summed E-state index contributed by atoms with van der Waals surface area (Å²) in [4.78, 5) is 29.0. The summed E-state index contributed by atoms with van der Waals surface area (Å²) in [5.41, 5.74) is 3.45. The number of nitrogens with zero attached hydrogens (tertiary/aromatic N) is 5. The summed E-state index contributed by atoms with van der Waals surface area (Å²) in [7, 11) is 1.64. The van der Waals surface area contributed by atoms with Gasteiger partial charge >= 0.3 is 0 Å². The van der Waals surface area contributed by atoms with Crippen molar-refractivity contribution in [2.75, 3.05) is 13.7 Å². The molecule has 0 N–H and O–H groups in total. The number of carbonyl (C=O) groups is 1. The second kappa shape index (κ2) is 9.24. The predicted octanol–water partition coefficient (Wildman–Crippen LogP) is 4.37. The summed E-state index contributed by atoms with van der Waals surface area (Å²) in [5.74, 6) is 1.43. The quantitative estimate of drug-likeness (QED) is 0.446. The Morgan fingerprint density at radius 1 is 1.12 bits per heavy atom. The summed E-state index contributed by atoms with van der Waals surface area (Å²) < 4.78 is 7.31. The molecular formula is C26H25N5O2. The summed E-state index contributed by atoms with van der Waals surface area (Å²) in [6, 6.07) is 17.3. The predicted molar refractivity (Wildman–Crippen MR) is 125 cm³/mol. The first-order valence-corrected chi connectivity index (χ1v) is 11.0. The van der Waals surface area contributed by atoms with E-state index in [0.717, 1.165) is 41.0 Å². The molecule has 1 amide bonds. The molecule has 1 saturated heterocycles. The van der Waals surface area contributed by atoms with Crippen LogP contribution in [0.1, 0.15) is 40.5 Å². The van der Waals surface area contributed by atoms with Crippen LogP contribution >= 0.6 is 0 Å². The summed E-state index contributed by atoms with van der Waals surface area (Å²) in [6.07, 6.45) is 9.01. The fourth-order valence-electron chi connectivity index (χ4n) is 4.38. The molecule has 1 atom stereocenters. The third-order valence-corrected chi connectivity index (χ3v) is 6.02. The number of benzene rings is 2. The van der Waals surface area contributed by atoms with Crippen molar-refractivity contribution in [1.29, 1.82) is 0 Å². The number of amides is 1. The maximum Gasteiger partial charge on any atom is 0.254 e. The van der Waals surface area contributed by atoms with Crippen molar-refractivity contribution in [3.05, 3.63) is 96.3 Å². The van der Waals surface area contributed by atoms with Gasteiger partial charge in [0.25, 0.3) is 5.91 Å². The number of aromatic nitrogens is 4. The van der Waals surface area contributed by atoms with Crippen LogP contribution < -0.4 is 4.74 Å². The van der Waals surface area contributed by atoms with Crippen LogP contribution in [-0.4, -0.2) is 44.0 Å². The van der Waals surface area contributed by atoms with Gasteiger partial charge in [-0.1, -0.05) is 30.3 Å². The Kier molecular flexibility index (Phi) is 5.85. The molecule has 1 aliphatic heterocycles. The van der Waals surface area contributed by atoms with E-state index in [9.17, 15) is 4.79 Å². The van der Waals surface area contributed by atoms with E-state index in [1.807, 2.05) is 70.3 Å². The Balaban J connectivity index is 1.43.